The lowest BCUT2D eigenvalue weighted by Crippen LogP contribution is -2.04. The van der Waals surface area contributed by atoms with Gasteiger partial charge in [0.1, 0.15) is 0 Å². The summed E-state index contributed by atoms with van der Waals surface area (Å²) in [5.74, 6) is 0.800. The summed E-state index contributed by atoms with van der Waals surface area (Å²) < 4.78 is 0. The number of hydrogen-bond donors (Lipinski definition) is 2. The molecular weight excluding hydrogens is 128 g/mol. The van der Waals surface area contributed by atoms with E-state index in [1.165, 1.54) is 0 Å². The predicted molar refractivity (Wildman–Crippen MR) is 39.9 cm³/mol. The fourth-order valence-corrected chi connectivity index (χ4v) is 0.684. The van der Waals surface area contributed by atoms with Gasteiger partial charge in [-0.15, -0.1) is 0 Å². The van der Waals surface area contributed by atoms with Gasteiger partial charge in [-0.3, -0.25) is 0 Å². The summed E-state index contributed by atoms with van der Waals surface area (Å²) in [6.07, 6.45) is 3.47. The third kappa shape index (κ3) is 1.34. The lowest BCUT2D eigenvalue weighted by atomic mass is 10.4. The summed E-state index contributed by atoms with van der Waals surface area (Å²) in [4.78, 5) is 6.95. The normalized spacial score (nSPS) is 11.6. The van der Waals surface area contributed by atoms with E-state index in [0.717, 1.165) is 11.5 Å². The molecule has 1 aromatic heterocycles. The molecule has 0 atom stereocenters. The number of hydrazone groups is 1. The van der Waals surface area contributed by atoms with Crippen LogP contribution in [0.1, 0.15) is 12.7 Å². The van der Waals surface area contributed by atoms with E-state index in [2.05, 4.69) is 20.5 Å². The Bertz CT molecular complexity index is 212. The monoisotopic (exact) mass is 138 g/mol. The molecule has 0 aliphatic rings. The maximum absolute atomic E-state index is 4.01. The van der Waals surface area contributed by atoms with Crippen LogP contribution in [0.4, 0.5) is 0 Å². The van der Waals surface area contributed by atoms with Crippen LogP contribution in [0.25, 0.3) is 0 Å². The SMILES string of the molecule is CN/N=C(/C)c1ncc[nH]1. The number of aromatic nitrogens is 2. The third-order valence-corrected chi connectivity index (χ3v) is 1.12. The van der Waals surface area contributed by atoms with E-state index < -0.39 is 0 Å². The Balaban J connectivity index is 2.77. The average Bonchev–Trinajstić information content (AvgIpc) is 2.38. The van der Waals surface area contributed by atoms with Crippen molar-refractivity contribution in [3.05, 3.63) is 18.2 Å². The standard InChI is InChI=1S/C6H10N4/c1-5(10-7-2)6-8-3-4-9-6/h3-4,7H,1-2H3,(H,8,9)/b10-5-. The molecule has 0 spiro atoms. The zero-order chi connectivity index (χ0) is 7.40. The van der Waals surface area contributed by atoms with E-state index in [9.17, 15) is 0 Å². The largest absolute Gasteiger partial charge is 0.344 e. The van der Waals surface area contributed by atoms with E-state index in [1.807, 2.05) is 6.92 Å². The second-order valence-corrected chi connectivity index (χ2v) is 1.86. The molecule has 0 saturated heterocycles. The van der Waals surface area contributed by atoms with Gasteiger partial charge in [0.05, 0.1) is 5.71 Å². The van der Waals surface area contributed by atoms with Crippen LogP contribution in [-0.2, 0) is 0 Å². The van der Waals surface area contributed by atoms with Crippen LogP contribution < -0.4 is 5.43 Å². The number of aromatic amines is 1. The van der Waals surface area contributed by atoms with Crippen molar-refractivity contribution in [2.45, 2.75) is 6.92 Å². The van der Waals surface area contributed by atoms with Gasteiger partial charge in [-0.25, -0.2) is 4.98 Å². The van der Waals surface area contributed by atoms with Gasteiger partial charge in [-0.1, -0.05) is 0 Å². The van der Waals surface area contributed by atoms with Crippen LogP contribution in [0.2, 0.25) is 0 Å². The molecule has 0 saturated carbocycles. The number of nitrogens with zero attached hydrogens (tertiary/aromatic N) is 2. The van der Waals surface area contributed by atoms with Crippen molar-refractivity contribution in [3.63, 3.8) is 0 Å². The lowest BCUT2D eigenvalue weighted by Gasteiger charge is -1.92. The smallest absolute Gasteiger partial charge is 0.153 e. The second kappa shape index (κ2) is 3.00. The highest BCUT2D eigenvalue weighted by molar-refractivity contribution is 5.94. The van der Waals surface area contributed by atoms with Gasteiger partial charge < -0.3 is 10.4 Å². The summed E-state index contributed by atoms with van der Waals surface area (Å²) in [6.45, 7) is 1.88. The summed E-state index contributed by atoms with van der Waals surface area (Å²) in [5, 5.41) is 3.94. The second-order valence-electron chi connectivity index (χ2n) is 1.86. The van der Waals surface area contributed by atoms with Gasteiger partial charge in [-0.05, 0) is 6.92 Å². The maximum Gasteiger partial charge on any atom is 0.153 e. The molecule has 10 heavy (non-hydrogen) atoms. The Labute approximate surface area is 59.4 Å². The molecule has 0 amide bonds. The highest BCUT2D eigenvalue weighted by Gasteiger charge is 1.95. The number of rotatable bonds is 2. The van der Waals surface area contributed by atoms with Crippen molar-refractivity contribution in [1.82, 2.24) is 15.4 Å². The molecule has 0 aliphatic carbocycles. The van der Waals surface area contributed by atoms with Crippen LogP contribution in [0.15, 0.2) is 17.5 Å². The van der Waals surface area contributed by atoms with E-state index in [4.69, 9.17) is 0 Å². The van der Waals surface area contributed by atoms with E-state index in [-0.39, 0.29) is 0 Å². The summed E-state index contributed by atoms with van der Waals surface area (Å²) in [5.41, 5.74) is 3.54. The first-order valence-corrected chi connectivity index (χ1v) is 3.05. The molecule has 2 N–H and O–H groups in total. The van der Waals surface area contributed by atoms with E-state index >= 15 is 0 Å². The summed E-state index contributed by atoms with van der Waals surface area (Å²) in [6, 6.07) is 0. The molecular formula is C6H10N4. The lowest BCUT2D eigenvalue weighted by molar-refractivity contribution is 0.896. The van der Waals surface area contributed by atoms with Crippen LogP contribution in [0, 0.1) is 0 Å². The zero-order valence-corrected chi connectivity index (χ0v) is 6.05. The molecule has 0 aromatic carbocycles. The molecule has 0 unspecified atom stereocenters. The molecule has 1 heterocycles. The number of imidazole rings is 1. The first-order valence-electron chi connectivity index (χ1n) is 3.05. The third-order valence-electron chi connectivity index (χ3n) is 1.12. The minimum Gasteiger partial charge on any atom is -0.344 e. The fraction of sp³-hybridized carbons (Fsp3) is 0.333. The summed E-state index contributed by atoms with van der Waals surface area (Å²) in [7, 11) is 1.76. The van der Waals surface area contributed by atoms with Gasteiger partial charge >= 0.3 is 0 Å². The highest BCUT2D eigenvalue weighted by Crippen LogP contribution is 1.89. The average molecular weight is 138 g/mol. The minimum absolute atomic E-state index is 0.800. The topological polar surface area (TPSA) is 53.1 Å². The Morgan fingerprint density at radius 3 is 3.10 bits per heavy atom. The van der Waals surface area contributed by atoms with Gasteiger partial charge in [0.15, 0.2) is 5.82 Å². The summed E-state index contributed by atoms with van der Waals surface area (Å²) >= 11 is 0. The van der Waals surface area contributed by atoms with Crippen molar-refractivity contribution >= 4 is 5.71 Å². The Kier molecular flexibility index (Phi) is 2.04. The Morgan fingerprint density at radius 2 is 2.60 bits per heavy atom. The molecule has 0 bridgehead atoms. The van der Waals surface area contributed by atoms with Gasteiger partial charge in [-0.2, -0.15) is 5.10 Å². The van der Waals surface area contributed by atoms with Crippen molar-refractivity contribution in [3.8, 4) is 0 Å². The first-order chi connectivity index (χ1) is 4.84. The van der Waals surface area contributed by atoms with Crippen LogP contribution in [-0.4, -0.2) is 22.7 Å². The minimum atomic E-state index is 0.800. The van der Waals surface area contributed by atoms with Crippen LogP contribution in [0.5, 0.6) is 0 Å². The maximum atomic E-state index is 4.01. The Morgan fingerprint density at radius 1 is 1.80 bits per heavy atom. The first kappa shape index (κ1) is 6.80. The van der Waals surface area contributed by atoms with Gasteiger partial charge in [0, 0.05) is 19.4 Å². The van der Waals surface area contributed by atoms with Crippen molar-refractivity contribution < 1.29 is 0 Å². The van der Waals surface area contributed by atoms with E-state index in [1.54, 1.807) is 19.4 Å². The van der Waals surface area contributed by atoms with Crippen molar-refractivity contribution in [2.24, 2.45) is 5.10 Å². The van der Waals surface area contributed by atoms with Crippen LogP contribution >= 0.6 is 0 Å². The number of H-pyrrole nitrogens is 1. The number of nitrogens with one attached hydrogen (secondary N) is 2. The fourth-order valence-electron chi connectivity index (χ4n) is 0.684. The van der Waals surface area contributed by atoms with Crippen molar-refractivity contribution in [1.29, 1.82) is 0 Å². The molecule has 0 radical (unpaired) electrons. The molecule has 1 aromatic rings. The quantitative estimate of drug-likeness (QED) is 0.457. The zero-order valence-electron chi connectivity index (χ0n) is 6.05. The van der Waals surface area contributed by atoms with Gasteiger partial charge in [0.2, 0.25) is 0 Å². The Hall–Kier alpha value is -1.32. The molecule has 0 aliphatic heterocycles. The van der Waals surface area contributed by atoms with Crippen molar-refractivity contribution in [2.75, 3.05) is 7.05 Å². The van der Waals surface area contributed by atoms with Crippen LogP contribution in [0.3, 0.4) is 0 Å². The predicted octanol–water partition coefficient (Wildman–Crippen LogP) is 0.353. The number of hydrogen-bond acceptors (Lipinski definition) is 3. The van der Waals surface area contributed by atoms with E-state index in [0.29, 0.717) is 0 Å². The molecule has 54 valence electrons. The molecule has 4 nitrogen and oxygen atoms in total. The van der Waals surface area contributed by atoms with Gasteiger partial charge in [0.25, 0.3) is 0 Å². The highest BCUT2D eigenvalue weighted by atomic mass is 15.3. The molecule has 4 heteroatoms. The molecule has 1 rings (SSSR count). The molecule has 0 fully saturated rings.